The molecule has 4 saturated heterocycles. The first-order chi connectivity index (χ1) is 50.0. The Kier molecular flexibility index (Phi) is 20.1. The number of nitriles is 1. The van der Waals surface area contributed by atoms with E-state index in [1.54, 1.807) is 42.1 Å². The molecule has 103 heavy (non-hydrogen) atoms. The molecule has 0 amide bonds. The molecule has 4 aliphatic rings. The van der Waals surface area contributed by atoms with E-state index in [-0.39, 0.29) is 34.6 Å². The number of benzene rings is 3. The van der Waals surface area contributed by atoms with Crippen LogP contribution >= 0.6 is 34.3 Å². The molecule has 4 fully saturated rings. The summed E-state index contributed by atoms with van der Waals surface area (Å²) >= 11 is 9.17. The molecule has 0 unspecified atom stereocenters. The topological polar surface area (TPSA) is 384 Å². The van der Waals surface area contributed by atoms with Crippen molar-refractivity contribution in [1.82, 2.24) is 79.7 Å². The summed E-state index contributed by atoms with van der Waals surface area (Å²) in [6.45, 7) is 12.3. The number of nitrogens with two attached hydrogens (primary N) is 4. The van der Waals surface area contributed by atoms with Crippen LogP contribution in [0.25, 0.3) is 98.4 Å². The van der Waals surface area contributed by atoms with Crippen molar-refractivity contribution in [2.75, 3.05) is 148 Å². The highest BCUT2D eigenvalue weighted by Crippen LogP contribution is 2.38. The number of aryl methyl sites for hydroxylation is 1. The summed E-state index contributed by atoms with van der Waals surface area (Å²) in [7, 11) is 0. The summed E-state index contributed by atoms with van der Waals surface area (Å²) in [4.78, 5) is 81.3. The molecule has 0 bridgehead atoms. The van der Waals surface area contributed by atoms with Crippen LogP contribution in [0.5, 0.6) is 0 Å². The molecular formula is C67H60ClF4N25O4S2. The van der Waals surface area contributed by atoms with Crippen LogP contribution in [0.1, 0.15) is 16.0 Å². The number of nitrogen functional groups attached to an aromatic ring is 4. The van der Waals surface area contributed by atoms with Gasteiger partial charge in [0.1, 0.15) is 16.8 Å². The van der Waals surface area contributed by atoms with E-state index < -0.39 is 11.7 Å². The Bertz CT molecular complexity index is 5310. The number of nitrogens with zero attached hydrogens (tertiary/aromatic N) is 21. The van der Waals surface area contributed by atoms with Crippen LogP contribution < -0.4 is 42.5 Å². The van der Waals surface area contributed by atoms with Crippen LogP contribution in [0.4, 0.5) is 64.6 Å². The number of fused-ring (bicyclic) bond motifs is 5. The summed E-state index contributed by atoms with van der Waals surface area (Å²) in [6.07, 6.45) is 1.93. The molecule has 17 rings (SSSR count). The lowest BCUT2D eigenvalue weighted by molar-refractivity contribution is -0.137. The SMILES string of the molecule is Cc1cc(F)ccc1-c1cnc2nc(N)nc(N3CCOCC3)c2n1.N#Cc1ccc(-c2cnc3nc(N)nc(N4CCOCC4)c3n2)s1.Nc1nc(N2CCOCC2)c2nc(-c3cc4ccccc4s3)cnc2n1.Nc1nc(N2CCOCC2)c2nc(-c3ccc(C(F)(F)F)cc3Cl)cnc2n1. The van der Waals surface area contributed by atoms with Gasteiger partial charge in [0.25, 0.3) is 0 Å². The molecule has 0 aliphatic carbocycles. The molecular weight excluding hydrogens is 1390 g/mol. The maximum Gasteiger partial charge on any atom is 0.416 e. The van der Waals surface area contributed by atoms with E-state index in [4.69, 9.17) is 68.7 Å². The number of morpholine rings is 4. The summed E-state index contributed by atoms with van der Waals surface area (Å²) < 4.78 is 74.8. The van der Waals surface area contributed by atoms with Crippen molar-refractivity contribution in [3.8, 4) is 49.7 Å². The van der Waals surface area contributed by atoms with Crippen LogP contribution in [0.2, 0.25) is 5.02 Å². The van der Waals surface area contributed by atoms with Crippen LogP contribution in [-0.2, 0) is 25.1 Å². The highest BCUT2D eigenvalue weighted by molar-refractivity contribution is 7.22. The molecule has 14 heterocycles. The van der Waals surface area contributed by atoms with Gasteiger partial charge in [-0.3, -0.25) is 0 Å². The van der Waals surface area contributed by atoms with Gasteiger partial charge in [-0.05, 0) is 72.5 Å². The van der Waals surface area contributed by atoms with Crippen LogP contribution in [0.3, 0.4) is 0 Å². The third-order valence-electron chi connectivity index (χ3n) is 16.5. The Hall–Kier alpha value is -11.3. The lowest BCUT2D eigenvalue weighted by atomic mass is 10.1. The average molecular weight is 1450 g/mol. The molecule has 10 aromatic heterocycles. The average Bonchev–Trinajstić information content (AvgIpc) is 1.09. The van der Waals surface area contributed by atoms with E-state index in [1.165, 1.54) is 45.8 Å². The van der Waals surface area contributed by atoms with Gasteiger partial charge in [0.15, 0.2) is 67.9 Å². The number of thiophene rings is 2. The molecule has 0 atom stereocenters. The zero-order chi connectivity index (χ0) is 71.3. The highest BCUT2D eigenvalue weighted by Gasteiger charge is 2.32. The van der Waals surface area contributed by atoms with Crippen molar-refractivity contribution in [3.05, 3.63) is 130 Å². The summed E-state index contributed by atoms with van der Waals surface area (Å²) in [5, 5.41) is 10.1. The zero-order valence-electron chi connectivity index (χ0n) is 54.7. The second-order valence-electron chi connectivity index (χ2n) is 23.3. The molecule has 4 aliphatic heterocycles. The number of aromatic nitrogens is 16. The molecule has 0 saturated carbocycles. The summed E-state index contributed by atoms with van der Waals surface area (Å²) in [5.74, 6) is 2.89. The van der Waals surface area contributed by atoms with Gasteiger partial charge in [-0.25, -0.2) is 44.3 Å². The van der Waals surface area contributed by atoms with Crippen molar-refractivity contribution >= 4 is 136 Å². The number of hydrogen-bond acceptors (Lipinski definition) is 31. The molecule has 0 radical (unpaired) electrons. The second-order valence-corrected chi connectivity index (χ2v) is 25.9. The van der Waals surface area contributed by atoms with E-state index in [1.807, 2.05) is 30.0 Å². The van der Waals surface area contributed by atoms with E-state index in [9.17, 15) is 17.6 Å². The van der Waals surface area contributed by atoms with E-state index in [0.29, 0.717) is 169 Å². The van der Waals surface area contributed by atoms with Crippen LogP contribution in [0.15, 0.2) is 104 Å². The van der Waals surface area contributed by atoms with Gasteiger partial charge in [-0.2, -0.15) is 58.3 Å². The van der Waals surface area contributed by atoms with Gasteiger partial charge in [0, 0.05) is 68.2 Å². The van der Waals surface area contributed by atoms with Crippen molar-refractivity contribution in [2.24, 2.45) is 0 Å². The third kappa shape index (κ3) is 15.5. The number of rotatable bonds is 8. The second kappa shape index (κ2) is 30.1. The molecule has 29 nitrogen and oxygen atoms in total. The van der Waals surface area contributed by atoms with Gasteiger partial charge < -0.3 is 61.5 Å². The van der Waals surface area contributed by atoms with Crippen molar-refractivity contribution in [2.45, 2.75) is 13.1 Å². The minimum atomic E-state index is -4.48. The van der Waals surface area contributed by atoms with Crippen molar-refractivity contribution < 1.29 is 36.5 Å². The monoisotopic (exact) mass is 1450 g/mol. The molecule has 8 N–H and O–H groups in total. The predicted octanol–water partition coefficient (Wildman–Crippen LogP) is 9.29. The quantitative estimate of drug-likeness (QED) is 0.103. The number of alkyl halides is 3. The molecule has 13 aromatic rings. The number of halogens is 5. The van der Waals surface area contributed by atoms with Crippen molar-refractivity contribution in [3.63, 3.8) is 0 Å². The Morgan fingerprint density at radius 3 is 1.25 bits per heavy atom. The van der Waals surface area contributed by atoms with Crippen molar-refractivity contribution in [1.29, 1.82) is 5.26 Å². The van der Waals surface area contributed by atoms with Gasteiger partial charge in [0.05, 0.1) is 121 Å². The fourth-order valence-electron chi connectivity index (χ4n) is 11.6. The zero-order valence-corrected chi connectivity index (χ0v) is 57.1. The standard InChI is InChI=1S/C18H16N6OS.C17H14ClF3N6O.C17H17FN6O.C15H13N7OS/c19-18-22-16-15(17(23-18)24-5-7-25-8-6-24)21-12(10-20-16)14-9-11-3-1-2-4-13(11)26-14;18-11-7-9(17(19,20)21)1-2-10(11)12-8-23-14-13(24-12)15(26-16(22)25-14)27-3-5-28-6-4-27;1-10-8-11(18)2-3-12(10)13-9-20-15-14(21-13)16(23-17(19)22-15)24-4-6-25-7-5-24;16-7-9-1-2-11(24-9)10-8-18-13-12(19-10)14(21-15(17)20-13)22-3-5-23-6-4-22/h1-4,9-10H,5-8H2,(H2,19,20,22,23);1-2,7-8H,3-6H2,(H2,22,23,25,26);2-3,8-9H,4-7H2,1H3,(H2,19,20,22,23);1-2,8H,3-6H2,(H2,17,18,20,21). The maximum atomic E-state index is 13.4. The largest absolute Gasteiger partial charge is 0.416 e. The fraction of sp³-hybridized carbons (Fsp3) is 0.269. The number of hydrogen-bond donors (Lipinski definition) is 4. The van der Waals surface area contributed by atoms with Gasteiger partial charge >= 0.3 is 6.18 Å². The highest BCUT2D eigenvalue weighted by atomic mass is 35.5. The van der Waals surface area contributed by atoms with Crippen LogP contribution in [-0.4, -0.2) is 185 Å². The Balaban J connectivity index is 0.000000116. The normalized spacial score (nSPS) is 15.0. The Morgan fingerprint density at radius 2 is 0.854 bits per heavy atom. The Morgan fingerprint density at radius 1 is 0.456 bits per heavy atom. The molecule has 3 aromatic carbocycles. The minimum Gasteiger partial charge on any atom is -0.378 e. The molecule has 0 spiro atoms. The molecule has 524 valence electrons. The van der Waals surface area contributed by atoms with Gasteiger partial charge in [0.2, 0.25) is 23.8 Å². The first-order valence-corrected chi connectivity index (χ1v) is 34.1. The van der Waals surface area contributed by atoms with Gasteiger partial charge in [-0.1, -0.05) is 35.9 Å². The third-order valence-corrected chi connectivity index (χ3v) is 19.0. The van der Waals surface area contributed by atoms with Gasteiger partial charge in [-0.15, -0.1) is 22.7 Å². The van der Waals surface area contributed by atoms with E-state index >= 15 is 0 Å². The van der Waals surface area contributed by atoms with E-state index in [2.05, 4.69) is 109 Å². The molecule has 36 heteroatoms. The first-order valence-electron chi connectivity index (χ1n) is 32.1. The minimum absolute atomic E-state index is 0.0589. The smallest absolute Gasteiger partial charge is 0.378 e. The summed E-state index contributed by atoms with van der Waals surface area (Å²) in [6, 6.07) is 23.9. The number of anilines is 8. The number of ether oxygens (including phenoxy) is 4. The Labute approximate surface area is 595 Å². The first kappa shape index (κ1) is 68.9. The lowest BCUT2D eigenvalue weighted by Gasteiger charge is -2.28. The lowest BCUT2D eigenvalue weighted by Crippen LogP contribution is -2.37. The summed E-state index contributed by atoms with van der Waals surface area (Å²) in [5.41, 5.74) is 30.9. The van der Waals surface area contributed by atoms with E-state index in [0.717, 1.165) is 70.7 Å². The fourth-order valence-corrected chi connectivity index (χ4v) is 13.6. The predicted molar refractivity (Wildman–Crippen MR) is 385 cm³/mol. The maximum absolute atomic E-state index is 13.4. The van der Waals surface area contributed by atoms with Crippen LogP contribution in [0, 0.1) is 24.1 Å².